The van der Waals surface area contributed by atoms with Crippen LogP contribution in [0.5, 0.6) is 0 Å². The minimum Gasteiger partial charge on any atom is -0.336 e. The van der Waals surface area contributed by atoms with E-state index in [4.69, 9.17) is 5.73 Å². The van der Waals surface area contributed by atoms with Crippen LogP contribution in [0.4, 0.5) is 4.79 Å². The summed E-state index contributed by atoms with van der Waals surface area (Å²) >= 11 is 0. The Morgan fingerprint density at radius 1 is 0.732 bits per heavy atom. The van der Waals surface area contributed by atoms with Gasteiger partial charge in [0.25, 0.3) is 0 Å². The van der Waals surface area contributed by atoms with Gasteiger partial charge in [-0.3, -0.25) is 4.79 Å². The van der Waals surface area contributed by atoms with Crippen LogP contribution in [0, 0.1) is 0 Å². The fourth-order valence-electron chi connectivity index (χ4n) is 6.43. The Hall–Kier alpha value is -4.16. The fraction of sp³-hybridized carbons (Fsp3) is 0.314. The normalized spacial score (nSPS) is 19.1. The molecule has 4 aromatic rings. The van der Waals surface area contributed by atoms with Gasteiger partial charge in [0.05, 0.1) is 6.04 Å². The number of carbonyl (C=O) groups excluding carboxylic acids is 2. The van der Waals surface area contributed by atoms with Crippen LogP contribution in [0.1, 0.15) is 36.8 Å². The van der Waals surface area contributed by atoms with Gasteiger partial charge in [-0.05, 0) is 65.3 Å². The minimum atomic E-state index is -0.456. The average molecular weight is 547 g/mol. The van der Waals surface area contributed by atoms with Gasteiger partial charge in [-0.2, -0.15) is 0 Å². The molecule has 2 N–H and O–H groups in total. The van der Waals surface area contributed by atoms with E-state index in [1.807, 2.05) is 45.0 Å². The third kappa shape index (κ3) is 5.70. The predicted octanol–water partition coefficient (Wildman–Crippen LogP) is 6.04. The number of nitrogens with zero attached hydrogens (tertiary/aromatic N) is 3. The van der Waals surface area contributed by atoms with Crippen molar-refractivity contribution < 1.29 is 9.59 Å². The molecule has 2 aliphatic heterocycles. The summed E-state index contributed by atoms with van der Waals surface area (Å²) in [6, 6.07) is 32.9. The van der Waals surface area contributed by atoms with Crippen LogP contribution < -0.4 is 5.73 Å². The second-order valence-electron chi connectivity index (χ2n) is 11.3. The topological polar surface area (TPSA) is 69.9 Å². The first-order valence-corrected chi connectivity index (χ1v) is 14.8. The molecule has 0 aliphatic carbocycles. The highest BCUT2D eigenvalue weighted by Crippen LogP contribution is 2.31. The zero-order chi connectivity index (χ0) is 28.2. The lowest BCUT2D eigenvalue weighted by atomic mass is 10.0. The third-order valence-corrected chi connectivity index (χ3v) is 8.59. The molecule has 6 nitrogen and oxygen atoms in total. The molecular weight excluding hydrogens is 508 g/mol. The maximum atomic E-state index is 14.1. The first kappa shape index (κ1) is 27.0. The number of nitrogens with two attached hydrogens (primary N) is 1. The number of unbranched alkanes of at least 4 members (excludes halogenated alkanes) is 1. The van der Waals surface area contributed by atoms with Crippen molar-refractivity contribution in [3.8, 4) is 11.1 Å². The zero-order valence-corrected chi connectivity index (χ0v) is 23.5. The van der Waals surface area contributed by atoms with Gasteiger partial charge in [0, 0.05) is 26.2 Å². The molecule has 0 radical (unpaired) electrons. The molecule has 210 valence electrons. The van der Waals surface area contributed by atoms with E-state index >= 15 is 0 Å². The Bertz CT molecular complexity index is 1500. The van der Waals surface area contributed by atoms with Crippen LogP contribution in [-0.4, -0.2) is 58.4 Å². The largest absolute Gasteiger partial charge is 0.336 e. The van der Waals surface area contributed by atoms with E-state index in [9.17, 15) is 9.59 Å². The number of amides is 3. The summed E-state index contributed by atoms with van der Waals surface area (Å²) in [7, 11) is 0. The monoisotopic (exact) mass is 546 g/mol. The smallest absolute Gasteiger partial charge is 0.321 e. The van der Waals surface area contributed by atoms with Crippen LogP contribution in [0.2, 0.25) is 0 Å². The lowest BCUT2D eigenvalue weighted by Crippen LogP contribution is -2.49. The van der Waals surface area contributed by atoms with E-state index in [1.54, 1.807) is 0 Å². The van der Waals surface area contributed by atoms with Crippen molar-refractivity contribution in [3.05, 3.63) is 108 Å². The lowest BCUT2D eigenvalue weighted by Gasteiger charge is -2.31. The van der Waals surface area contributed by atoms with Crippen LogP contribution in [-0.2, 0) is 17.9 Å². The SMILES string of the molecule is NCCCC[C@H]1C(=O)N(Cc2cccc3ccccc23)CC[C@@H]2CN(Cc3ccc(-c4ccccc4)cc3)C(=O)N21. The summed E-state index contributed by atoms with van der Waals surface area (Å²) in [4.78, 5) is 33.8. The van der Waals surface area contributed by atoms with Crippen molar-refractivity contribution in [2.75, 3.05) is 19.6 Å². The van der Waals surface area contributed by atoms with Gasteiger partial charge < -0.3 is 20.4 Å². The molecule has 2 fully saturated rings. The summed E-state index contributed by atoms with van der Waals surface area (Å²) < 4.78 is 0. The van der Waals surface area contributed by atoms with Crippen molar-refractivity contribution in [2.24, 2.45) is 5.73 Å². The number of carbonyl (C=O) groups is 2. The number of urea groups is 1. The molecule has 2 aliphatic rings. The molecule has 3 amide bonds. The Labute approximate surface area is 242 Å². The van der Waals surface area contributed by atoms with Crippen LogP contribution in [0.3, 0.4) is 0 Å². The summed E-state index contributed by atoms with van der Waals surface area (Å²) in [5.41, 5.74) is 10.4. The molecule has 0 aromatic heterocycles. The zero-order valence-electron chi connectivity index (χ0n) is 23.5. The van der Waals surface area contributed by atoms with Crippen molar-refractivity contribution >= 4 is 22.7 Å². The molecule has 2 atom stereocenters. The van der Waals surface area contributed by atoms with Crippen LogP contribution in [0.25, 0.3) is 21.9 Å². The van der Waals surface area contributed by atoms with E-state index < -0.39 is 6.04 Å². The van der Waals surface area contributed by atoms with Gasteiger partial charge in [-0.1, -0.05) is 97.1 Å². The highest BCUT2D eigenvalue weighted by molar-refractivity contribution is 5.90. The van der Waals surface area contributed by atoms with Crippen molar-refractivity contribution in [1.82, 2.24) is 14.7 Å². The van der Waals surface area contributed by atoms with Crippen LogP contribution in [0.15, 0.2) is 97.1 Å². The molecule has 0 saturated carbocycles. The van der Waals surface area contributed by atoms with Gasteiger partial charge in [0.1, 0.15) is 6.04 Å². The fourth-order valence-corrected chi connectivity index (χ4v) is 6.43. The molecule has 6 heteroatoms. The van der Waals surface area contributed by atoms with E-state index in [0.717, 1.165) is 36.0 Å². The van der Waals surface area contributed by atoms with E-state index in [-0.39, 0.29) is 18.0 Å². The maximum Gasteiger partial charge on any atom is 0.321 e. The van der Waals surface area contributed by atoms with Gasteiger partial charge >= 0.3 is 6.03 Å². The number of rotatable bonds is 9. The highest BCUT2D eigenvalue weighted by atomic mass is 16.2. The Morgan fingerprint density at radius 3 is 2.27 bits per heavy atom. The first-order valence-electron chi connectivity index (χ1n) is 14.8. The summed E-state index contributed by atoms with van der Waals surface area (Å²) in [6.07, 6.45) is 3.09. The van der Waals surface area contributed by atoms with Crippen molar-refractivity contribution in [1.29, 1.82) is 0 Å². The average Bonchev–Trinajstić information content (AvgIpc) is 3.25. The summed E-state index contributed by atoms with van der Waals surface area (Å²) in [6.45, 7) is 2.97. The number of benzene rings is 4. The molecule has 41 heavy (non-hydrogen) atoms. The van der Waals surface area contributed by atoms with Gasteiger partial charge in [-0.15, -0.1) is 0 Å². The van der Waals surface area contributed by atoms with Gasteiger partial charge in [0.15, 0.2) is 0 Å². The van der Waals surface area contributed by atoms with Gasteiger partial charge in [0.2, 0.25) is 5.91 Å². The number of hydrogen-bond donors (Lipinski definition) is 1. The Balaban J connectivity index is 1.20. The quantitative estimate of drug-likeness (QED) is 0.260. The summed E-state index contributed by atoms with van der Waals surface area (Å²) in [5.74, 6) is 0.0554. The molecule has 0 spiro atoms. The minimum absolute atomic E-state index is 0.0236. The number of fused-ring (bicyclic) bond motifs is 2. The maximum absolute atomic E-state index is 14.1. The molecule has 6 rings (SSSR count). The Kier molecular flexibility index (Phi) is 8.01. The standard InChI is InChI=1S/C35H38N4O2/c36-21-7-6-15-33-34(40)37(24-30-13-8-12-29-11-4-5-14-32(29)30)22-20-31-25-38(35(41)39(31)33)23-26-16-18-28(19-17-26)27-9-2-1-3-10-27/h1-5,8-14,16-19,31,33H,6-7,15,20-25,36H2/t31-,33+/m1/s1. The first-order chi connectivity index (χ1) is 20.1. The van der Waals surface area contributed by atoms with Crippen LogP contribution >= 0.6 is 0 Å². The highest BCUT2D eigenvalue weighted by Gasteiger charge is 2.46. The predicted molar refractivity (Wildman–Crippen MR) is 164 cm³/mol. The molecule has 2 saturated heterocycles. The molecule has 0 bridgehead atoms. The molecule has 2 heterocycles. The van der Waals surface area contributed by atoms with E-state index in [1.165, 1.54) is 16.3 Å². The van der Waals surface area contributed by atoms with Crippen molar-refractivity contribution in [3.63, 3.8) is 0 Å². The molecular formula is C35H38N4O2. The number of hydrogen-bond acceptors (Lipinski definition) is 3. The Morgan fingerprint density at radius 2 is 1.46 bits per heavy atom. The molecule has 4 aromatic carbocycles. The second kappa shape index (κ2) is 12.1. The lowest BCUT2D eigenvalue weighted by molar-refractivity contribution is -0.135. The van der Waals surface area contributed by atoms with Crippen molar-refractivity contribution in [2.45, 2.75) is 50.9 Å². The molecule has 0 unspecified atom stereocenters. The third-order valence-electron chi connectivity index (χ3n) is 8.59. The second-order valence-corrected chi connectivity index (χ2v) is 11.3. The van der Waals surface area contributed by atoms with E-state index in [0.29, 0.717) is 39.1 Å². The van der Waals surface area contributed by atoms with E-state index in [2.05, 4.69) is 66.7 Å². The van der Waals surface area contributed by atoms with Gasteiger partial charge in [-0.25, -0.2) is 4.79 Å². The summed E-state index contributed by atoms with van der Waals surface area (Å²) in [5, 5.41) is 2.35.